The highest BCUT2D eigenvalue weighted by atomic mass is 35.5. The summed E-state index contributed by atoms with van der Waals surface area (Å²) in [6, 6.07) is 12.9. The number of nitrogens with two attached hydrogens (primary N) is 1. The molecule has 2 aliphatic heterocycles. The van der Waals surface area contributed by atoms with Crippen LogP contribution in [-0.4, -0.2) is 35.7 Å². The summed E-state index contributed by atoms with van der Waals surface area (Å²) in [5.74, 6) is 0.956. The Morgan fingerprint density at radius 1 is 1.03 bits per heavy atom. The van der Waals surface area contributed by atoms with E-state index in [1.165, 1.54) is 11.1 Å². The summed E-state index contributed by atoms with van der Waals surface area (Å²) in [6.07, 6.45) is 3.11. The van der Waals surface area contributed by atoms with Crippen LogP contribution in [0.1, 0.15) is 46.8 Å². The molecule has 1 fully saturated rings. The Hall–Kier alpha value is -1.30. The van der Waals surface area contributed by atoms with Crippen molar-refractivity contribution < 1.29 is 9.84 Å². The van der Waals surface area contributed by atoms with Gasteiger partial charge in [0.05, 0.1) is 12.2 Å². The van der Waals surface area contributed by atoms with Crippen LogP contribution in [0.5, 0.6) is 5.75 Å². The van der Waals surface area contributed by atoms with Crippen LogP contribution in [-0.2, 0) is 17.7 Å². The average molecular weight is 453 g/mol. The molecule has 0 amide bonds. The van der Waals surface area contributed by atoms with Gasteiger partial charge in [0.25, 0.3) is 0 Å². The standard InChI is InChI=1S/C24H32N2O2.2ClH/c1-16-3-6-18(7-4-16)15-26-11-9-19(10-12-26)22-13-21-20(23(14-25)28-22)8-5-17(2)24(21)27;;/h3-8,19,22-23,27H,9-15,25H2,1-2H3;2*1H/t22-,23-;;/m0../s1. The van der Waals surface area contributed by atoms with Crippen molar-refractivity contribution in [3.63, 3.8) is 0 Å². The van der Waals surface area contributed by atoms with Crippen LogP contribution in [0.2, 0.25) is 0 Å². The number of likely N-dealkylation sites (tertiary alicyclic amines) is 1. The molecule has 30 heavy (non-hydrogen) atoms. The van der Waals surface area contributed by atoms with E-state index in [1.807, 2.05) is 13.0 Å². The fourth-order valence-corrected chi connectivity index (χ4v) is 4.71. The highest BCUT2D eigenvalue weighted by Gasteiger charge is 2.35. The minimum Gasteiger partial charge on any atom is -0.507 e. The van der Waals surface area contributed by atoms with Crippen LogP contribution in [0, 0.1) is 19.8 Å². The third-order valence-electron chi connectivity index (χ3n) is 6.51. The zero-order chi connectivity index (χ0) is 19.7. The van der Waals surface area contributed by atoms with Crippen molar-refractivity contribution in [2.45, 2.75) is 51.9 Å². The highest BCUT2D eigenvalue weighted by molar-refractivity contribution is 5.85. The van der Waals surface area contributed by atoms with Crippen LogP contribution in [0.25, 0.3) is 0 Å². The Kier molecular flexibility index (Phi) is 9.01. The lowest BCUT2D eigenvalue weighted by atomic mass is 9.83. The topological polar surface area (TPSA) is 58.7 Å². The number of aryl methyl sites for hydroxylation is 2. The summed E-state index contributed by atoms with van der Waals surface area (Å²) in [7, 11) is 0. The van der Waals surface area contributed by atoms with Gasteiger partial charge in [0, 0.05) is 25.1 Å². The Labute approximate surface area is 192 Å². The van der Waals surface area contributed by atoms with Crippen molar-refractivity contribution in [2.75, 3.05) is 19.6 Å². The van der Waals surface area contributed by atoms with Crippen LogP contribution in [0.4, 0.5) is 0 Å². The number of nitrogens with zero attached hydrogens (tertiary/aromatic N) is 1. The van der Waals surface area contributed by atoms with Crippen LogP contribution < -0.4 is 5.73 Å². The molecule has 4 rings (SSSR count). The molecule has 0 aliphatic carbocycles. The van der Waals surface area contributed by atoms with E-state index in [0.717, 1.165) is 55.6 Å². The first kappa shape index (κ1) is 25.0. The molecule has 0 aromatic heterocycles. The SMILES string of the molecule is Cc1ccc(CN2CCC([C@@H]3Cc4c(ccc(C)c4O)[C@H](CN)O3)CC2)cc1.Cl.Cl. The third-order valence-corrected chi connectivity index (χ3v) is 6.51. The lowest BCUT2D eigenvalue weighted by Gasteiger charge is -2.40. The molecule has 2 atom stereocenters. The first-order chi connectivity index (χ1) is 13.5. The number of phenolic OH excluding ortho intramolecular Hbond substituents is 1. The predicted octanol–water partition coefficient (Wildman–Crippen LogP) is 4.71. The van der Waals surface area contributed by atoms with E-state index in [-0.39, 0.29) is 37.0 Å². The number of rotatable bonds is 4. The first-order valence-corrected chi connectivity index (χ1v) is 10.5. The number of piperidine rings is 1. The number of fused-ring (bicyclic) bond motifs is 1. The van der Waals surface area contributed by atoms with E-state index < -0.39 is 0 Å². The monoisotopic (exact) mass is 452 g/mol. The van der Waals surface area contributed by atoms with E-state index in [9.17, 15) is 5.11 Å². The van der Waals surface area contributed by atoms with Crippen LogP contribution in [0.3, 0.4) is 0 Å². The largest absolute Gasteiger partial charge is 0.507 e. The molecule has 0 radical (unpaired) electrons. The number of hydrogen-bond donors (Lipinski definition) is 2. The van der Waals surface area contributed by atoms with E-state index in [0.29, 0.717) is 18.2 Å². The van der Waals surface area contributed by atoms with Gasteiger partial charge in [-0.05, 0) is 62.4 Å². The highest BCUT2D eigenvalue weighted by Crippen LogP contribution is 2.40. The number of aromatic hydroxyl groups is 1. The van der Waals surface area contributed by atoms with Gasteiger partial charge in [0.1, 0.15) is 5.75 Å². The van der Waals surface area contributed by atoms with Gasteiger partial charge in [-0.25, -0.2) is 0 Å². The number of ether oxygens (including phenoxy) is 1. The van der Waals surface area contributed by atoms with E-state index in [1.54, 1.807) is 0 Å². The van der Waals surface area contributed by atoms with Gasteiger partial charge in [-0.1, -0.05) is 42.0 Å². The normalized spacial score (nSPS) is 22.0. The molecule has 0 saturated carbocycles. The predicted molar refractivity (Wildman–Crippen MR) is 127 cm³/mol. The zero-order valence-corrected chi connectivity index (χ0v) is 19.5. The molecule has 1 saturated heterocycles. The number of benzene rings is 2. The van der Waals surface area contributed by atoms with Gasteiger partial charge in [-0.2, -0.15) is 0 Å². The second kappa shape index (κ2) is 10.8. The Morgan fingerprint density at radius 3 is 2.33 bits per heavy atom. The maximum Gasteiger partial charge on any atom is 0.122 e. The molecule has 6 heteroatoms. The second-order valence-electron chi connectivity index (χ2n) is 8.50. The van der Waals surface area contributed by atoms with Gasteiger partial charge < -0.3 is 15.6 Å². The fraction of sp³-hybridized carbons (Fsp3) is 0.500. The summed E-state index contributed by atoms with van der Waals surface area (Å²) in [4.78, 5) is 2.54. The molecule has 166 valence electrons. The van der Waals surface area contributed by atoms with Gasteiger partial charge in [0.15, 0.2) is 0 Å². The summed E-state index contributed by atoms with van der Waals surface area (Å²) in [5.41, 5.74) is 11.7. The number of halogens is 2. The van der Waals surface area contributed by atoms with E-state index in [4.69, 9.17) is 10.5 Å². The first-order valence-electron chi connectivity index (χ1n) is 10.5. The minimum atomic E-state index is -0.106. The van der Waals surface area contributed by atoms with Crippen LogP contribution in [0.15, 0.2) is 36.4 Å². The van der Waals surface area contributed by atoms with E-state index in [2.05, 4.69) is 42.2 Å². The molecule has 0 unspecified atom stereocenters. The second-order valence-corrected chi connectivity index (χ2v) is 8.50. The van der Waals surface area contributed by atoms with Crippen LogP contribution >= 0.6 is 24.8 Å². The molecular formula is C24H34Cl2N2O2. The van der Waals surface area contributed by atoms with Crippen molar-refractivity contribution in [1.29, 1.82) is 0 Å². The van der Waals surface area contributed by atoms with Crippen molar-refractivity contribution >= 4 is 24.8 Å². The molecule has 2 aliphatic rings. The quantitative estimate of drug-likeness (QED) is 0.704. The van der Waals surface area contributed by atoms with Gasteiger partial charge in [-0.15, -0.1) is 24.8 Å². The molecule has 2 heterocycles. The van der Waals surface area contributed by atoms with Gasteiger partial charge in [-0.3, -0.25) is 4.90 Å². The summed E-state index contributed by atoms with van der Waals surface area (Å²) in [6.45, 7) is 7.76. The molecule has 2 aromatic carbocycles. The third kappa shape index (κ3) is 5.30. The van der Waals surface area contributed by atoms with Crippen molar-refractivity contribution in [3.05, 3.63) is 64.2 Å². The van der Waals surface area contributed by atoms with E-state index >= 15 is 0 Å². The lowest BCUT2D eigenvalue weighted by molar-refractivity contribution is -0.0651. The van der Waals surface area contributed by atoms with Gasteiger partial charge >= 0.3 is 0 Å². The molecule has 3 N–H and O–H groups in total. The minimum absolute atomic E-state index is 0. The summed E-state index contributed by atoms with van der Waals surface area (Å²) in [5, 5.41) is 10.6. The molecule has 2 aromatic rings. The molecule has 0 bridgehead atoms. The lowest BCUT2D eigenvalue weighted by Crippen LogP contribution is -2.41. The van der Waals surface area contributed by atoms with Crippen molar-refractivity contribution in [2.24, 2.45) is 11.7 Å². The molecule has 4 nitrogen and oxygen atoms in total. The summed E-state index contributed by atoms with van der Waals surface area (Å²) >= 11 is 0. The van der Waals surface area contributed by atoms with Gasteiger partial charge in [0.2, 0.25) is 0 Å². The Balaban J connectivity index is 0.00000160. The van der Waals surface area contributed by atoms with Crippen molar-refractivity contribution in [3.8, 4) is 5.75 Å². The Morgan fingerprint density at radius 2 is 1.70 bits per heavy atom. The maximum absolute atomic E-state index is 10.6. The smallest absolute Gasteiger partial charge is 0.122 e. The maximum atomic E-state index is 10.6. The fourth-order valence-electron chi connectivity index (χ4n) is 4.71. The Bertz CT molecular complexity index is 821. The zero-order valence-electron chi connectivity index (χ0n) is 17.8. The average Bonchev–Trinajstić information content (AvgIpc) is 2.72. The molecule has 0 spiro atoms. The van der Waals surface area contributed by atoms with Crippen molar-refractivity contribution in [1.82, 2.24) is 4.90 Å². The number of hydrogen-bond acceptors (Lipinski definition) is 4. The molecular weight excluding hydrogens is 419 g/mol. The summed E-state index contributed by atoms with van der Waals surface area (Å²) < 4.78 is 6.41. The number of phenols is 1.